The molecule has 3 N–H and O–H groups in total. The minimum Gasteiger partial charge on any atom is -0.480 e. The summed E-state index contributed by atoms with van der Waals surface area (Å²) in [5.74, 6) is -1.19. The smallest absolute Gasteiger partial charge is 0.326 e. The van der Waals surface area contributed by atoms with E-state index in [1.54, 1.807) is 21.0 Å². The van der Waals surface area contributed by atoms with Gasteiger partial charge in [0.15, 0.2) is 0 Å². The summed E-state index contributed by atoms with van der Waals surface area (Å²) in [4.78, 5) is 22.6. The highest BCUT2D eigenvalue weighted by atomic mass is 16.5. The maximum Gasteiger partial charge on any atom is 0.326 e. The number of carbonyl (C=O) groups is 2. The molecule has 0 heterocycles. The minimum atomic E-state index is -1.02. The van der Waals surface area contributed by atoms with Crippen LogP contribution in [0.1, 0.15) is 34.1 Å². The van der Waals surface area contributed by atoms with Crippen LogP contribution in [0.25, 0.3) is 0 Å². The van der Waals surface area contributed by atoms with E-state index in [2.05, 4.69) is 10.6 Å². The second-order valence-electron chi connectivity index (χ2n) is 5.79. The Morgan fingerprint density at radius 2 is 1.89 bits per heavy atom. The molecule has 6 heteroatoms. The van der Waals surface area contributed by atoms with Crippen molar-refractivity contribution >= 4 is 12.0 Å². The molecule has 2 amide bonds. The molecule has 0 aromatic heterocycles. The lowest BCUT2D eigenvalue weighted by molar-refractivity contribution is -0.140. The van der Waals surface area contributed by atoms with Crippen LogP contribution < -0.4 is 10.6 Å². The van der Waals surface area contributed by atoms with E-state index < -0.39 is 18.0 Å². The fourth-order valence-corrected chi connectivity index (χ4v) is 1.49. The van der Waals surface area contributed by atoms with Crippen molar-refractivity contribution in [2.75, 3.05) is 20.3 Å². The van der Waals surface area contributed by atoms with E-state index in [9.17, 15) is 9.59 Å². The Labute approximate surface area is 114 Å². The maximum absolute atomic E-state index is 11.7. The average molecular weight is 274 g/mol. The molecule has 0 aliphatic rings. The Hall–Kier alpha value is -1.30. The van der Waals surface area contributed by atoms with Crippen LogP contribution >= 0.6 is 0 Å². The van der Waals surface area contributed by atoms with Gasteiger partial charge in [0, 0.05) is 20.3 Å². The van der Waals surface area contributed by atoms with Crippen LogP contribution in [-0.2, 0) is 9.53 Å². The van der Waals surface area contributed by atoms with Crippen molar-refractivity contribution in [2.24, 2.45) is 11.3 Å². The van der Waals surface area contributed by atoms with E-state index in [0.29, 0.717) is 13.2 Å². The molecule has 19 heavy (non-hydrogen) atoms. The Morgan fingerprint density at radius 3 is 2.32 bits per heavy atom. The Bertz CT molecular complexity index is 303. The van der Waals surface area contributed by atoms with Gasteiger partial charge in [0.05, 0.1) is 0 Å². The number of urea groups is 1. The number of carboxylic acids is 1. The largest absolute Gasteiger partial charge is 0.480 e. The molecule has 0 radical (unpaired) electrons. The lowest BCUT2D eigenvalue weighted by atomic mass is 9.90. The zero-order chi connectivity index (χ0) is 15.1. The molecular weight excluding hydrogens is 248 g/mol. The molecule has 1 unspecified atom stereocenters. The first-order valence-electron chi connectivity index (χ1n) is 6.45. The quantitative estimate of drug-likeness (QED) is 0.625. The molecule has 6 nitrogen and oxygen atoms in total. The zero-order valence-corrected chi connectivity index (χ0v) is 12.4. The predicted octanol–water partition coefficient (Wildman–Crippen LogP) is 1.46. The number of methoxy groups -OCH3 is 1. The summed E-state index contributed by atoms with van der Waals surface area (Å²) in [6, 6.07) is -1.33. The van der Waals surface area contributed by atoms with E-state index in [4.69, 9.17) is 9.84 Å². The number of amides is 2. The highest BCUT2D eigenvalue weighted by Crippen LogP contribution is 2.18. The monoisotopic (exact) mass is 274 g/mol. The molecule has 0 aliphatic heterocycles. The minimum absolute atomic E-state index is 0.0934. The Morgan fingerprint density at radius 1 is 1.32 bits per heavy atom. The van der Waals surface area contributed by atoms with Crippen molar-refractivity contribution in [2.45, 2.75) is 40.2 Å². The van der Waals surface area contributed by atoms with Crippen LogP contribution in [0.5, 0.6) is 0 Å². The summed E-state index contributed by atoms with van der Waals surface area (Å²) in [5, 5.41) is 14.1. The standard InChI is InChI=1S/C13H26N2O4/c1-9(2)10(11(16)17)15-12(18)14-8-13(3,4)6-7-19-5/h9-10H,6-8H2,1-5H3,(H,16,17)(H2,14,15,18). The van der Waals surface area contributed by atoms with Gasteiger partial charge in [-0.15, -0.1) is 0 Å². The molecule has 0 saturated heterocycles. The van der Waals surface area contributed by atoms with Crippen LogP contribution in [-0.4, -0.2) is 43.4 Å². The average Bonchev–Trinajstić information content (AvgIpc) is 2.30. The van der Waals surface area contributed by atoms with Crippen molar-refractivity contribution in [3.63, 3.8) is 0 Å². The van der Waals surface area contributed by atoms with E-state index in [1.807, 2.05) is 13.8 Å². The van der Waals surface area contributed by atoms with E-state index in [-0.39, 0.29) is 11.3 Å². The SMILES string of the molecule is COCCC(C)(C)CNC(=O)NC(C(=O)O)C(C)C. The fraction of sp³-hybridized carbons (Fsp3) is 0.846. The third-order valence-electron chi connectivity index (χ3n) is 2.93. The van der Waals surface area contributed by atoms with Gasteiger partial charge in [-0.1, -0.05) is 27.7 Å². The van der Waals surface area contributed by atoms with Gasteiger partial charge in [-0.25, -0.2) is 9.59 Å². The second-order valence-corrected chi connectivity index (χ2v) is 5.79. The van der Waals surface area contributed by atoms with E-state index >= 15 is 0 Å². The van der Waals surface area contributed by atoms with Crippen LogP contribution in [0.3, 0.4) is 0 Å². The number of aliphatic carboxylic acids is 1. The summed E-state index contributed by atoms with van der Waals surface area (Å²) >= 11 is 0. The summed E-state index contributed by atoms with van der Waals surface area (Å²) in [5.41, 5.74) is -0.0934. The molecule has 0 saturated carbocycles. The highest BCUT2D eigenvalue weighted by Gasteiger charge is 2.24. The predicted molar refractivity (Wildman–Crippen MR) is 73.1 cm³/mol. The second kappa shape index (κ2) is 7.99. The fourth-order valence-electron chi connectivity index (χ4n) is 1.49. The van der Waals surface area contributed by atoms with E-state index in [0.717, 1.165) is 6.42 Å². The van der Waals surface area contributed by atoms with Gasteiger partial charge in [-0.2, -0.15) is 0 Å². The molecule has 0 rings (SSSR count). The topological polar surface area (TPSA) is 87.7 Å². The molecular formula is C13H26N2O4. The lowest BCUT2D eigenvalue weighted by Crippen LogP contribution is -2.50. The number of hydrogen-bond donors (Lipinski definition) is 3. The van der Waals surface area contributed by atoms with Crippen LogP contribution in [0.4, 0.5) is 4.79 Å². The van der Waals surface area contributed by atoms with Crippen molar-refractivity contribution in [1.82, 2.24) is 10.6 Å². The first-order chi connectivity index (χ1) is 8.69. The van der Waals surface area contributed by atoms with Gasteiger partial charge in [0.25, 0.3) is 0 Å². The number of carboxylic acid groups (broad SMARTS) is 1. The van der Waals surface area contributed by atoms with Crippen molar-refractivity contribution in [3.05, 3.63) is 0 Å². The molecule has 0 aromatic carbocycles. The van der Waals surface area contributed by atoms with Crippen LogP contribution in [0, 0.1) is 11.3 Å². The van der Waals surface area contributed by atoms with Crippen molar-refractivity contribution in [3.8, 4) is 0 Å². The van der Waals surface area contributed by atoms with Crippen LogP contribution in [0.2, 0.25) is 0 Å². The lowest BCUT2D eigenvalue weighted by Gasteiger charge is -2.25. The van der Waals surface area contributed by atoms with Crippen LogP contribution in [0.15, 0.2) is 0 Å². The van der Waals surface area contributed by atoms with Gasteiger partial charge in [-0.05, 0) is 17.8 Å². The summed E-state index contributed by atoms with van der Waals surface area (Å²) < 4.78 is 5.01. The van der Waals surface area contributed by atoms with Crippen molar-refractivity contribution < 1.29 is 19.4 Å². The number of ether oxygens (including phenoxy) is 1. The molecule has 1 atom stereocenters. The third kappa shape index (κ3) is 7.66. The van der Waals surface area contributed by atoms with E-state index in [1.165, 1.54) is 0 Å². The third-order valence-corrected chi connectivity index (χ3v) is 2.93. The number of carbonyl (C=O) groups excluding carboxylic acids is 1. The summed E-state index contributed by atoms with van der Waals surface area (Å²) in [6.07, 6.45) is 0.816. The van der Waals surface area contributed by atoms with Gasteiger partial charge in [0.1, 0.15) is 6.04 Å². The Balaban J connectivity index is 4.20. The first-order valence-corrected chi connectivity index (χ1v) is 6.45. The molecule has 0 spiro atoms. The summed E-state index contributed by atoms with van der Waals surface area (Å²) in [7, 11) is 1.64. The number of nitrogens with one attached hydrogen (secondary N) is 2. The first kappa shape index (κ1) is 17.7. The van der Waals surface area contributed by atoms with Gasteiger partial charge >= 0.3 is 12.0 Å². The van der Waals surface area contributed by atoms with Gasteiger partial charge < -0.3 is 20.5 Å². The van der Waals surface area contributed by atoms with Crippen molar-refractivity contribution in [1.29, 1.82) is 0 Å². The number of rotatable bonds is 8. The Kier molecular flexibility index (Phi) is 7.44. The maximum atomic E-state index is 11.7. The molecule has 0 bridgehead atoms. The summed E-state index contributed by atoms with van der Waals surface area (Å²) in [6.45, 7) is 8.63. The molecule has 0 aliphatic carbocycles. The molecule has 112 valence electrons. The highest BCUT2D eigenvalue weighted by molar-refractivity contribution is 5.82. The van der Waals surface area contributed by atoms with Gasteiger partial charge in [-0.3, -0.25) is 0 Å². The molecule has 0 fully saturated rings. The normalized spacial score (nSPS) is 13.2. The van der Waals surface area contributed by atoms with Gasteiger partial charge in [0.2, 0.25) is 0 Å². The zero-order valence-electron chi connectivity index (χ0n) is 12.4. The molecule has 0 aromatic rings. The number of hydrogen-bond acceptors (Lipinski definition) is 3.